The molecule has 0 atom stereocenters. The standard InChI is InChI=1S/C28H42O8S10/c1-21(31)37-15-3-17-39-23-24(40-18-4-16-38-22(2)32)44-27(43-23)28-45-25(41-19-13-35-11-9-33-7-5-29)26(46-28)42-20-14-36-12-10-34-8-6-30/h3-20H2,1-2H3/q-2. The third-order valence-electron chi connectivity index (χ3n) is 5.02. The fourth-order valence-electron chi connectivity index (χ4n) is 3.09. The highest BCUT2D eigenvalue weighted by molar-refractivity contribution is 8.45. The second kappa shape index (κ2) is 29.4. The first-order valence-electron chi connectivity index (χ1n) is 14.6. The molecule has 0 saturated carbocycles. The quantitative estimate of drug-likeness (QED) is 0.0811. The first-order valence-corrected chi connectivity index (χ1v) is 23.8. The molecule has 0 N–H and O–H groups in total. The molecule has 18 heteroatoms. The number of hydrogen-bond donors (Lipinski definition) is 0. The lowest BCUT2D eigenvalue weighted by Gasteiger charge is -2.08. The van der Waals surface area contributed by atoms with Crippen LogP contribution in [0, 0.1) is 0 Å². The molecule has 0 unspecified atom stereocenters. The fourth-order valence-corrected chi connectivity index (χ4v) is 16.5. The molecule has 46 heavy (non-hydrogen) atoms. The van der Waals surface area contributed by atoms with Gasteiger partial charge in [0.15, 0.2) is 10.2 Å². The van der Waals surface area contributed by atoms with E-state index in [9.17, 15) is 19.8 Å². The average molecular weight is 827 g/mol. The van der Waals surface area contributed by atoms with E-state index in [-0.39, 0.29) is 36.7 Å². The Morgan fingerprint density at radius 2 is 0.826 bits per heavy atom. The van der Waals surface area contributed by atoms with Gasteiger partial charge in [-0.3, -0.25) is 9.59 Å². The zero-order chi connectivity index (χ0) is 33.2. The normalized spacial score (nSPS) is 15.2. The molecule has 0 aromatic carbocycles. The van der Waals surface area contributed by atoms with Gasteiger partial charge in [0.05, 0.1) is 65.1 Å². The van der Waals surface area contributed by atoms with E-state index in [0.717, 1.165) is 47.4 Å². The predicted octanol–water partition coefficient (Wildman–Crippen LogP) is 6.39. The Morgan fingerprint density at radius 3 is 1.15 bits per heavy atom. The zero-order valence-electron chi connectivity index (χ0n) is 26.1. The second-order valence-corrected chi connectivity index (χ2v) is 21.4. The smallest absolute Gasteiger partial charge is 0.185 e. The van der Waals surface area contributed by atoms with Crippen LogP contribution in [0.4, 0.5) is 0 Å². The van der Waals surface area contributed by atoms with Crippen LogP contribution >= 0.6 is 118 Å². The van der Waals surface area contributed by atoms with Gasteiger partial charge in [0.2, 0.25) is 0 Å². The van der Waals surface area contributed by atoms with Gasteiger partial charge >= 0.3 is 0 Å². The number of hydrogen-bond acceptors (Lipinski definition) is 18. The summed E-state index contributed by atoms with van der Waals surface area (Å²) in [5, 5.41) is 21.4. The lowest BCUT2D eigenvalue weighted by Crippen LogP contribution is -2.15. The van der Waals surface area contributed by atoms with Crippen molar-refractivity contribution in [1.82, 2.24) is 0 Å². The van der Waals surface area contributed by atoms with Gasteiger partial charge in [-0.25, -0.2) is 0 Å². The van der Waals surface area contributed by atoms with Crippen LogP contribution in [-0.4, -0.2) is 111 Å². The fraction of sp³-hybridized carbons (Fsp3) is 0.714. The van der Waals surface area contributed by atoms with Gasteiger partial charge in [-0.05, 0) is 24.3 Å². The van der Waals surface area contributed by atoms with Gasteiger partial charge in [-0.2, -0.15) is 0 Å². The molecule has 8 nitrogen and oxygen atoms in total. The van der Waals surface area contributed by atoms with E-state index in [1.807, 2.05) is 70.6 Å². The molecule has 0 radical (unpaired) electrons. The summed E-state index contributed by atoms with van der Waals surface area (Å²) in [6, 6.07) is 0. The van der Waals surface area contributed by atoms with Crippen molar-refractivity contribution < 1.29 is 38.7 Å². The van der Waals surface area contributed by atoms with Gasteiger partial charge in [0.25, 0.3) is 0 Å². The van der Waals surface area contributed by atoms with E-state index < -0.39 is 0 Å². The van der Waals surface area contributed by atoms with Gasteiger partial charge in [-0.15, -0.1) is 60.3 Å². The van der Waals surface area contributed by atoms with E-state index >= 15 is 0 Å². The van der Waals surface area contributed by atoms with E-state index in [1.54, 1.807) is 37.4 Å². The van der Waals surface area contributed by atoms with Crippen LogP contribution in [0.25, 0.3) is 0 Å². The summed E-state index contributed by atoms with van der Waals surface area (Å²) in [7, 11) is 0. The Kier molecular flexibility index (Phi) is 28.1. The van der Waals surface area contributed by atoms with Crippen LogP contribution in [0.15, 0.2) is 25.4 Å². The summed E-state index contributed by atoms with van der Waals surface area (Å²) in [6.07, 6.45) is 1.96. The van der Waals surface area contributed by atoms with Crippen molar-refractivity contribution in [3.05, 3.63) is 25.4 Å². The van der Waals surface area contributed by atoms with Gasteiger partial charge in [0.1, 0.15) is 0 Å². The molecule has 264 valence electrons. The molecule has 2 aliphatic rings. The molecule has 0 aromatic heterocycles. The number of rotatable bonds is 28. The molecule has 2 aliphatic heterocycles. The summed E-state index contributed by atoms with van der Waals surface area (Å²) in [5.41, 5.74) is 0. The Morgan fingerprint density at radius 1 is 0.500 bits per heavy atom. The molecule has 0 amide bonds. The van der Waals surface area contributed by atoms with Crippen LogP contribution < -0.4 is 10.2 Å². The first-order chi connectivity index (χ1) is 22.4. The maximum atomic E-state index is 11.3. The van der Waals surface area contributed by atoms with Crippen molar-refractivity contribution in [2.24, 2.45) is 0 Å². The maximum absolute atomic E-state index is 11.3. The maximum Gasteiger partial charge on any atom is 0.185 e. The lowest BCUT2D eigenvalue weighted by atomic mass is 10.6. The molecular weight excluding hydrogens is 785 g/mol. The van der Waals surface area contributed by atoms with Crippen molar-refractivity contribution in [3.8, 4) is 0 Å². The molecule has 0 fully saturated rings. The predicted molar refractivity (Wildman–Crippen MR) is 210 cm³/mol. The topological polar surface area (TPSA) is 117 Å². The average Bonchev–Trinajstić information content (AvgIpc) is 3.63. The van der Waals surface area contributed by atoms with E-state index in [2.05, 4.69) is 0 Å². The molecule has 0 bridgehead atoms. The molecule has 2 rings (SSSR count). The van der Waals surface area contributed by atoms with Crippen LogP contribution in [0.5, 0.6) is 0 Å². The van der Waals surface area contributed by atoms with Crippen LogP contribution in [0.3, 0.4) is 0 Å². The molecule has 0 aromatic rings. The van der Waals surface area contributed by atoms with Gasteiger partial charge in [0, 0.05) is 50.1 Å². The molecule has 2 heterocycles. The van der Waals surface area contributed by atoms with Crippen molar-refractivity contribution in [1.29, 1.82) is 0 Å². The summed E-state index contributed by atoms with van der Waals surface area (Å²) in [6.45, 7) is 6.26. The molecule has 0 saturated heterocycles. The minimum Gasteiger partial charge on any atom is -0.853 e. The Balaban J connectivity index is 1.97. The highest BCUT2D eigenvalue weighted by Gasteiger charge is 2.31. The van der Waals surface area contributed by atoms with E-state index in [1.165, 1.54) is 48.9 Å². The molecule has 0 aliphatic carbocycles. The van der Waals surface area contributed by atoms with Crippen molar-refractivity contribution in [2.75, 3.05) is 101 Å². The summed E-state index contributed by atoms with van der Waals surface area (Å²) < 4.78 is 29.7. The Bertz CT molecular complexity index is 923. The lowest BCUT2D eigenvalue weighted by molar-refractivity contribution is -0.374. The molecule has 0 spiro atoms. The van der Waals surface area contributed by atoms with Gasteiger partial charge in [-0.1, -0.05) is 70.6 Å². The summed E-state index contributed by atoms with van der Waals surface area (Å²) in [4.78, 5) is 22.6. The first kappa shape index (κ1) is 44.0. The monoisotopic (exact) mass is 826 g/mol. The van der Waals surface area contributed by atoms with Gasteiger partial charge < -0.3 is 29.2 Å². The van der Waals surface area contributed by atoms with Crippen molar-refractivity contribution in [2.45, 2.75) is 26.7 Å². The summed E-state index contributed by atoms with van der Waals surface area (Å²) in [5.74, 6) is 5.28. The van der Waals surface area contributed by atoms with Crippen LogP contribution in [-0.2, 0) is 28.5 Å². The van der Waals surface area contributed by atoms with Crippen LogP contribution in [0.2, 0.25) is 0 Å². The summed E-state index contributed by atoms with van der Waals surface area (Å²) >= 11 is 17.5. The van der Waals surface area contributed by atoms with Crippen LogP contribution in [0.1, 0.15) is 26.7 Å². The van der Waals surface area contributed by atoms with E-state index in [4.69, 9.17) is 18.9 Å². The SMILES string of the molecule is CC(=O)SCCCSC1=C(SCCCSC(C)=O)SC(=C2SC(SCCOCCOCC[O-])=C(SCCOCCOCC[O-])S2)S1. The largest absolute Gasteiger partial charge is 0.853 e. The molecular formula is C28H42O8S10-2. The second-order valence-electron chi connectivity index (χ2n) is 8.77. The van der Waals surface area contributed by atoms with Crippen molar-refractivity contribution >= 4 is 128 Å². The number of carbonyl (C=O) groups excluding carboxylic acids is 2. The van der Waals surface area contributed by atoms with E-state index in [0.29, 0.717) is 39.6 Å². The highest BCUT2D eigenvalue weighted by Crippen LogP contribution is 2.66. The van der Waals surface area contributed by atoms with Crippen molar-refractivity contribution in [3.63, 3.8) is 0 Å². The third-order valence-corrected chi connectivity index (χ3v) is 18.5. The Labute approximate surface area is 316 Å². The minimum atomic E-state index is -0.232. The third kappa shape index (κ3) is 21.2. The highest BCUT2D eigenvalue weighted by atomic mass is 32.3. The number of thioether (sulfide) groups is 10. The minimum absolute atomic E-state index is 0.166. The number of ether oxygens (including phenoxy) is 4. The Hall–Kier alpha value is 1.82. The number of carbonyl (C=O) groups is 2. The zero-order valence-corrected chi connectivity index (χ0v) is 34.2.